The van der Waals surface area contributed by atoms with Gasteiger partial charge in [-0.25, -0.2) is 4.39 Å². The van der Waals surface area contributed by atoms with Gasteiger partial charge in [-0.3, -0.25) is 4.79 Å². The van der Waals surface area contributed by atoms with Gasteiger partial charge in [-0.2, -0.15) is 0 Å². The van der Waals surface area contributed by atoms with Crippen LogP contribution >= 0.6 is 12.4 Å². The highest BCUT2D eigenvalue weighted by Crippen LogP contribution is 2.41. The first kappa shape index (κ1) is 19.0. The number of halogens is 2. The summed E-state index contributed by atoms with van der Waals surface area (Å²) in [6.45, 7) is 0.852. The summed E-state index contributed by atoms with van der Waals surface area (Å²) in [5.74, 6) is 1.56. The summed E-state index contributed by atoms with van der Waals surface area (Å²) >= 11 is 0. The van der Waals surface area contributed by atoms with Gasteiger partial charge >= 0.3 is 0 Å². The summed E-state index contributed by atoms with van der Waals surface area (Å²) in [6, 6.07) is 6.17. The van der Waals surface area contributed by atoms with Gasteiger partial charge in [0.1, 0.15) is 18.2 Å². The summed E-state index contributed by atoms with van der Waals surface area (Å²) in [5, 5.41) is 2.96. The number of rotatable bonds is 5. The standard InChI is InChI=1S/C18H25FN2O2.ClH/c19-15-4-6-16(7-5-15)23-9-8-21-18(22)14-10-12-2-1-3-13(11-14)17(12)20;/h4-7,12-14,17H,1-3,8-11,20H2,(H,21,22);1H. The van der Waals surface area contributed by atoms with E-state index in [1.54, 1.807) is 12.1 Å². The number of nitrogens with two attached hydrogens (primary N) is 1. The quantitative estimate of drug-likeness (QED) is 0.797. The van der Waals surface area contributed by atoms with Crippen LogP contribution in [0.4, 0.5) is 4.39 Å². The van der Waals surface area contributed by atoms with Crippen molar-refractivity contribution in [1.29, 1.82) is 0 Å². The second-order valence-corrected chi connectivity index (χ2v) is 6.79. The van der Waals surface area contributed by atoms with E-state index in [2.05, 4.69) is 5.32 Å². The minimum absolute atomic E-state index is 0. The molecule has 3 N–H and O–H groups in total. The number of ether oxygens (including phenoxy) is 1. The van der Waals surface area contributed by atoms with Gasteiger partial charge in [-0.05, 0) is 61.8 Å². The normalized spacial score (nSPS) is 28.6. The van der Waals surface area contributed by atoms with Crippen molar-refractivity contribution in [3.05, 3.63) is 30.1 Å². The van der Waals surface area contributed by atoms with Crippen LogP contribution in [0.15, 0.2) is 24.3 Å². The Labute approximate surface area is 148 Å². The van der Waals surface area contributed by atoms with Crippen molar-refractivity contribution in [3.63, 3.8) is 0 Å². The van der Waals surface area contributed by atoms with E-state index in [0.717, 1.165) is 25.7 Å². The molecule has 1 amide bonds. The molecule has 1 aromatic rings. The fraction of sp³-hybridized carbons (Fsp3) is 0.611. The molecule has 0 saturated heterocycles. The first-order valence-electron chi connectivity index (χ1n) is 8.55. The van der Waals surface area contributed by atoms with Gasteiger partial charge in [0.05, 0.1) is 6.54 Å². The van der Waals surface area contributed by atoms with E-state index in [9.17, 15) is 9.18 Å². The molecule has 24 heavy (non-hydrogen) atoms. The third kappa shape index (κ3) is 4.61. The van der Waals surface area contributed by atoms with Gasteiger partial charge in [0.15, 0.2) is 0 Å². The summed E-state index contributed by atoms with van der Waals surface area (Å²) in [5.41, 5.74) is 6.26. The topological polar surface area (TPSA) is 64.4 Å². The Bertz CT molecular complexity index is 526. The third-order valence-electron chi connectivity index (χ3n) is 5.27. The molecule has 2 saturated carbocycles. The van der Waals surface area contributed by atoms with Crippen LogP contribution < -0.4 is 15.8 Å². The second kappa shape index (κ2) is 8.67. The molecule has 134 valence electrons. The van der Waals surface area contributed by atoms with Crippen LogP contribution in [0.2, 0.25) is 0 Å². The predicted molar refractivity (Wildman–Crippen MR) is 93.7 cm³/mol. The Morgan fingerprint density at radius 1 is 1.21 bits per heavy atom. The van der Waals surface area contributed by atoms with E-state index in [-0.39, 0.29) is 36.1 Å². The molecule has 4 nitrogen and oxygen atoms in total. The molecule has 2 aliphatic carbocycles. The summed E-state index contributed by atoms with van der Waals surface area (Å²) in [6.07, 6.45) is 5.41. The van der Waals surface area contributed by atoms with Crippen molar-refractivity contribution >= 4 is 18.3 Å². The lowest BCUT2D eigenvalue weighted by molar-refractivity contribution is -0.128. The minimum atomic E-state index is -0.285. The molecule has 0 spiro atoms. The maximum Gasteiger partial charge on any atom is 0.223 e. The SMILES string of the molecule is Cl.NC1C2CCCC1CC(C(=O)NCCOc1ccc(F)cc1)C2. The van der Waals surface area contributed by atoms with Crippen molar-refractivity contribution < 1.29 is 13.9 Å². The van der Waals surface area contributed by atoms with Gasteiger partial charge in [0, 0.05) is 12.0 Å². The summed E-state index contributed by atoms with van der Waals surface area (Å²) in [4.78, 5) is 12.3. The van der Waals surface area contributed by atoms with Crippen LogP contribution in [-0.4, -0.2) is 25.1 Å². The van der Waals surface area contributed by atoms with Gasteiger partial charge < -0.3 is 15.8 Å². The van der Waals surface area contributed by atoms with E-state index in [0.29, 0.717) is 30.7 Å². The van der Waals surface area contributed by atoms with Crippen molar-refractivity contribution in [2.24, 2.45) is 23.5 Å². The lowest BCUT2D eigenvalue weighted by atomic mass is 9.65. The van der Waals surface area contributed by atoms with Gasteiger partial charge in [-0.15, -0.1) is 12.4 Å². The smallest absolute Gasteiger partial charge is 0.223 e. The maximum atomic E-state index is 12.8. The van der Waals surface area contributed by atoms with E-state index >= 15 is 0 Å². The minimum Gasteiger partial charge on any atom is -0.492 e. The van der Waals surface area contributed by atoms with Crippen molar-refractivity contribution in [1.82, 2.24) is 5.32 Å². The number of hydrogen-bond acceptors (Lipinski definition) is 3. The second-order valence-electron chi connectivity index (χ2n) is 6.79. The molecule has 2 aliphatic rings. The molecule has 1 aromatic carbocycles. The van der Waals surface area contributed by atoms with Crippen molar-refractivity contribution in [3.8, 4) is 5.75 Å². The molecule has 0 radical (unpaired) electrons. The Hall–Kier alpha value is -1.33. The van der Waals surface area contributed by atoms with Gasteiger partial charge in [-0.1, -0.05) is 6.42 Å². The molecule has 2 unspecified atom stereocenters. The van der Waals surface area contributed by atoms with Crippen LogP contribution in [0.3, 0.4) is 0 Å². The first-order chi connectivity index (χ1) is 11.1. The maximum absolute atomic E-state index is 12.8. The Morgan fingerprint density at radius 3 is 2.46 bits per heavy atom. The number of amides is 1. The van der Waals surface area contributed by atoms with Crippen molar-refractivity contribution in [2.45, 2.75) is 38.1 Å². The number of carbonyl (C=O) groups is 1. The van der Waals surface area contributed by atoms with Crippen molar-refractivity contribution in [2.75, 3.05) is 13.2 Å². The molecule has 6 heteroatoms. The van der Waals surface area contributed by atoms with Crippen LogP contribution in [0.1, 0.15) is 32.1 Å². The third-order valence-corrected chi connectivity index (χ3v) is 5.27. The molecule has 0 aromatic heterocycles. The van der Waals surface area contributed by atoms with E-state index < -0.39 is 0 Å². The lowest BCUT2D eigenvalue weighted by Crippen LogP contribution is -2.49. The van der Waals surface area contributed by atoms with Gasteiger partial charge in [0.25, 0.3) is 0 Å². The number of fused-ring (bicyclic) bond motifs is 2. The monoisotopic (exact) mass is 356 g/mol. The molecular weight excluding hydrogens is 331 g/mol. The molecule has 3 rings (SSSR count). The average Bonchev–Trinajstić information content (AvgIpc) is 2.53. The zero-order valence-electron chi connectivity index (χ0n) is 13.7. The number of nitrogens with one attached hydrogen (secondary N) is 1. The summed E-state index contributed by atoms with van der Waals surface area (Å²) < 4.78 is 18.3. The first-order valence-corrected chi connectivity index (χ1v) is 8.55. The number of hydrogen-bond donors (Lipinski definition) is 2. The zero-order valence-corrected chi connectivity index (χ0v) is 14.6. The molecule has 0 aliphatic heterocycles. The number of benzene rings is 1. The molecule has 2 bridgehead atoms. The molecule has 0 heterocycles. The highest BCUT2D eigenvalue weighted by molar-refractivity contribution is 5.85. The molecule has 2 fully saturated rings. The fourth-order valence-electron chi connectivity index (χ4n) is 4.02. The van der Waals surface area contributed by atoms with Crippen LogP contribution in [0.25, 0.3) is 0 Å². The number of carbonyl (C=O) groups excluding carboxylic acids is 1. The van der Waals surface area contributed by atoms with E-state index in [1.807, 2.05) is 0 Å². The lowest BCUT2D eigenvalue weighted by Gasteiger charge is -2.43. The largest absolute Gasteiger partial charge is 0.492 e. The molecule has 2 atom stereocenters. The highest BCUT2D eigenvalue weighted by Gasteiger charge is 2.40. The van der Waals surface area contributed by atoms with Crippen LogP contribution in [0.5, 0.6) is 5.75 Å². The van der Waals surface area contributed by atoms with E-state index in [1.165, 1.54) is 18.6 Å². The van der Waals surface area contributed by atoms with Crippen LogP contribution in [0, 0.1) is 23.6 Å². The molecular formula is C18H26ClFN2O2. The highest BCUT2D eigenvalue weighted by atomic mass is 35.5. The van der Waals surface area contributed by atoms with Gasteiger partial charge in [0.2, 0.25) is 5.91 Å². The Balaban J connectivity index is 0.00000208. The zero-order chi connectivity index (χ0) is 16.2. The van der Waals surface area contributed by atoms with E-state index in [4.69, 9.17) is 10.5 Å². The Kier molecular flexibility index (Phi) is 6.87. The average molecular weight is 357 g/mol. The Morgan fingerprint density at radius 2 is 1.83 bits per heavy atom. The predicted octanol–water partition coefficient (Wildman–Crippen LogP) is 2.90. The fourth-order valence-corrected chi connectivity index (χ4v) is 4.02. The summed E-state index contributed by atoms with van der Waals surface area (Å²) in [7, 11) is 0. The van der Waals surface area contributed by atoms with Crippen LogP contribution in [-0.2, 0) is 4.79 Å².